The van der Waals surface area contributed by atoms with Gasteiger partial charge in [0, 0.05) is 0 Å². The molecule has 0 fully saturated rings. The van der Waals surface area contributed by atoms with Crippen LogP contribution >= 0.6 is 0 Å². The minimum absolute atomic E-state index is 0.0625. The van der Waals surface area contributed by atoms with Crippen LogP contribution in [0.2, 0.25) is 0 Å². The molecule has 0 radical (unpaired) electrons. The lowest BCUT2D eigenvalue weighted by Gasteiger charge is -2.23. The van der Waals surface area contributed by atoms with E-state index in [2.05, 4.69) is 5.32 Å². The molecule has 0 heterocycles. The first kappa shape index (κ1) is 13.2. The molecule has 3 nitrogen and oxygen atoms in total. The van der Waals surface area contributed by atoms with Gasteiger partial charge >= 0.3 is 6.09 Å². The van der Waals surface area contributed by atoms with Gasteiger partial charge in [-0.1, -0.05) is 13.8 Å². The van der Waals surface area contributed by atoms with Gasteiger partial charge in [0.25, 0.3) is 0 Å². The lowest BCUT2D eigenvalue weighted by atomic mass is 10.1. The first-order chi connectivity index (χ1) is 6.26. The predicted molar refractivity (Wildman–Crippen MR) is 54.0 cm³/mol. The molecule has 0 aliphatic rings. The number of hydrogen-bond acceptors (Lipinski definition) is 2. The largest absolute Gasteiger partial charge is 0.444 e. The third-order valence-electron chi connectivity index (χ3n) is 1.67. The van der Waals surface area contributed by atoms with Crippen molar-refractivity contribution >= 4 is 6.09 Å². The smallest absolute Gasteiger partial charge is 0.407 e. The summed E-state index contributed by atoms with van der Waals surface area (Å²) in [5.74, 6) is 0.0625. The maximum atomic E-state index is 12.4. The molecule has 0 spiro atoms. The van der Waals surface area contributed by atoms with E-state index in [-0.39, 0.29) is 5.92 Å². The first-order valence-corrected chi connectivity index (χ1v) is 4.81. The molecule has 0 aliphatic heterocycles. The fourth-order valence-corrected chi connectivity index (χ4v) is 0.842. The molecule has 14 heavy (non-hydrogen) atoms. The summed E-state index contributed by atoms with van der Waals surface area (Å²) in [7, 11) is 0. The van der Waals surface area contributed by atoms with Gasteiger partial charge < -0.3 is 10.1 Å². The van der Waals surface area contributed by atoms with Crippen LogP contribution in [0.3, 0.4) is 0 Å². The van der Waals surface area contributed by atoms with Crippen LogP contribution in [-0.2, 0) is 4.74 Å². The third-order valence-corrected chi connectivity index (χ3v) is 1.67. The molecule has 1 N–H and O–H groups in total. The van der Waals surface area contributed by atoms with E-state index in [0.717, 1.165) is 0 Å². The highest BCUT2D eigenvalue weighted by Gasteiger charge is 2.20. The molecule has 0 aromatic heterocycles. The lowest BCUT2D eigenvalue weighted by molar-refractivity contribution is 0.0480. The van der Waals surface area contributed by atoms with E-state index in [1.165, 1.54) is 0 Å². The number of carbonyl (C=O) groups excluding carboxylic acids is 1. The van der Waals surface area contributed by atoms with Gasteiger partial charge in [0.05, 0.1) is 6.04 Å². The van der Waals surface area contributed by atoms with Crippen molar-refractivity contribution in [1.82, 2.24) is 5.32 Å². The van der Waals surface area contributed by atoms with Crippen molar-refractivity contribution in [2.45, 2.75) is 46.3 Å². The van der Waals surface area contributed by atoms with Crippen LogP contribution in [0.15, 0.2) is 0 Å². The quantitative estimate of drug-likeness (QED) is 0.768. The molecule has 0 bridgehead atoms. The minimum atomic E-state index is -0.573. The summed E-state index contributed by atoms with van der Waals surface area (Å²) in [4.78, 5) is 11.2. The van der Waals surface area contributed by atoms with Crippen LogP contribution in [0.4, 0.5) is 9.18 Å². The van der Waals surface area contributed by atoms with Crippen LogP contribution < -0.4 is 5.32 Å². The molecule has 0 saturated heterocycles. The zero-order valence-corrected chi connectivity index (χ0v) is 9.56. The van der Waals surface area contributed by atoms with Crippen molar-refractivity contribution in [2.24, 2.45) is 5.92 Å². The molecular formula is C10H20FNO2. The summed E-state index contributed by atoms with van der Waals surface area (Å²) in [6, 6.07) is -0.468. The third kappa shape index (κ3) is 5.78. The summed E-state index contributed by atoms with van der Waals surface area (Å²) in [6.45, 7) is 8.44. The van der Waals surface area contributed by atoms with Gasteiger partial charge in [-0.3, -0.25) is 0 Å². The normalized spacial score (nSPS) is 13.9. The molecule has 84 valence electrons. The zero-order valence-electron chi connectivity index (χ0n) is 9.56. The van der Waals surface area contributed by atoms with E-state index in [0.29, 0.717) is 0 Å². The maximum Gasteiger partial charge on any atom is 0.407 e. The van der Waals surface area contributed by atoms with Crippen molar-refractivity contribution in [3.8, 4) is 0 Å². The maximum absolute atomic E-state index is 12.4. The Morgan fingerprint density at radius 1 is 1.43 bits per heavy atom. The molecule has 0 saturated carbocycles. The van der Waals surface area contributed by atoms with Gasteiger partial charge in [-0.25, -0.2) is 9.18 Å². The van der Waals surface area contributed by atoms with E-state index in [1.54, 1.807) is 20.8 Å². The van der Waals surface area contributed by atoms with Crippen molar-refractivity contribution in [3.63, 3.8) is 0 Å². The van der Waals surface area contributed by atoms with Crippen molar-refractivity contribution in [2.75, 3.05) is 6.67 Å². The molecule has 1 unspecified atom stereocenters. The molecule has 1 amide bonds. The number of ether oxygens (including phenoxy) is 1. The minimum Gasteiger partial charge on any atom is -0.444 e. The predicted octanol–water partition coefficient (Wildman–Crippen LogP) is 2.51. The summed E-state index contributed by atoms with van der Waals surface area (Å²) >= 11 is 0. The number of amides is 1. The molecule has 4 heteroatoms. The fraction of sp³-hybridized carbons (Fsp3) is 0.900. The number of alkyl halides is 1. The number of rotatable bonds is 3. The van der Waals surface area contributed by atoms with Gasteiger partial charge in [0.2, 0.25) is 0 Å². The molecule has 0 aliphatic carbocycles. The first-order valence-electron chi connectivity index (χ1n) is 4.81. The van der Waals surface area contributed by atoms with E-state index in [1.807, 2.05) is 13.8 Å². The lowest BCUT2D eigenvalue weighted by Crippen LogP contribution is -2.42. The van der Waals surface area contributed by atoms with E-state index < -0.39 is 24.4 Å². The van der Waals surface area contributed by atoms with Crippen molar-refractivity contribution < 1.29 is 13.9 Å². The topological polar surface area (TPSA) is 38.3 Å². The van der Waals surface area contributed by atoms with Crippen LogP contribution in [0, 0.1) is 5.92 Å². The van der Waals surface area contributed by atoms with Gasteiger partial charge in [0.15, 0.2) is 0 Å². The summed E-state index contributed by atoms with van der Waals surface area (Å²) in [5, 5.41) is 2.49. The van der Waals surface area contributed by atoms with E-state index >= 15 is 0 Å². The average molecular weight is 205 g/mol. The Labute approximate surface area is 85.0 Å². The summed E-state index contributed by atoms with van der Waals surface area (Å²) in [6.07, 6.45) is -0.561. The summed E-state index contributed by atoms with van der Waals surface area (Å²) < 4.78 is 17.4. The van der Waals surface area contributed by atoms with Gasteiger partial charge in [-0.05, 0) is 26.7 Å². The number of carbonyl (C=O) groups is 1. The molecule has 0 aromatic carbocycles. The second kappa shape index (κ2) is 5.17. The molecule has 0 aromatic rings. The van der Waals surface area contributed by atoms with Crippen molar-refractivity contribution in [3.05, 3.63) is 0 Å². The Morgan fingerprint density at radius 3 is 2.21 bits per heavy atom. The van der Waals surface area contributed by atoms with Gasteiger partial charge in [0.1, 0.15) is 12.3 Å². The monoisotopic (exact) mass is 205 g/mol. The SMILES string of the molecule is CC(C)C(CF)NC(=O)OC(C)(C)C. The molecular weight excluding hydrogens is 185 g/mol. The standard InChI is InChI=1S/C10H20FNO2/c1-7(2)8(6-11)12-9(13)14-10(3,4)5/h7-8H,6H2,1-5H3,(H,12,13). The van der Waals surface area contributed by atoms with Crippen LogP contribution in [0.25, 0.3) is 0 Å². The van der Waals surface area contributed by atoms with Crippen LogP contribution in [-0.4, -0.2) is 24.4 Å². The van der Waals surface area contributed by atoms with Gasteiger partial charge in [-0.2, -0.15) is 0 Å². The highest BCUT2D eigenvalue weighted by Crippen LogP contribution is 2.08. The Bertz CT molecular complexity index is 187. The number of halogens is 1. The van der Waals surface area contributed by atoms with E-state index in [9.17, 15) is 9.18 Å². The molecule has 1 atom stereocenters. The summed E-state index contributed by atoms with van der Waals surface area (Å²) in [5.41, 5.74) is -0.540. The highest BCUT2D eigenvalue weighted by atomic mass is 19.1. The fourth-order valence-electron chi connectivity index (χ4n) is 0.842. The zero-order chi connectivity index (χ0) is 11.4. The number of nitrogens with one attached hydrogen (secondary N) is 1. The second-order valence-corrected chi connectivity index (χ2v) is 4.65. The second-order valence-electron chi connectivity index (χ2n) is 4.65. The van der Waals surface area contributed by atoms with Crippen LogP contribution in [0.1, 0.15) is 34.6 Å². The number of hydrogen-bond donors (Lipinski definition) is 1. The van der Waals surface area contributed by atoms with Gasteiger partial charge in [-0.15, -0.1) is 0 Å². The Morgan fingerprint density at radius 2 is 1.93 bits per heavy atom. The Hall–Kier alpha value is -0.800. The van der Waals surface area contributed by atoms with Crippen LogP contribution in [0.5, 0.6) is 0 Å². The molecule has 0 rings (SSSR count). The highest BCUT2D eigenvalue weighted by molar-refractivity contribution is 5.68. The Kier molecular flexibility index (Phi) is 4.88. The average Bonchev–Trinajstić information content (AvgIpc) is 1.96. The Balaban J connectivity index is 4.04. The van der Waals surface area contributed by atoms with E-state index in [4.69, 9.17) is 4.74 Å². The van der Waals surface area contributed by atoms with Crippen molar-refractivity contribution in [1.29, 1.82) is 0 Å². The number of alkyl carbamates (subject to hydrolysis) is 1.